The number of nitrogens with zero attached hydrogens (tertiary/aromatic N) is 1. The third-order valence-corrected chi connectivity index (χ3v) is 6.00. The molecule has 1 amide bonds. The van der Waals surface area contributed by atoms with Gasteiger partial charge in [0.15, 0.2) is 0 Å². The summed E-state index contributed by atoms with van der Waals surface area (Å²) in [5.41, 5.74) is 0.852. The number of piperidine rings is 1. The van der Waals surface area contributed by atoms with Crippen LogP contribution in [0.3, 0.4) is 0 Å². The average Bonchev–Trinajstić information content (AvgIpc) is 2.61. The summed E-state index contributed by atoms with van der Waals surface area (Å²) in [6, 6.07) is 9.35. The van der Waals surface area contributed by atoms with E-state index >= 15 is 0 Å². The molecule has 2 rings (SSSR count). The SMILES string of the molecule is CC(C)CCNC(=O)C1CCN(S(=O)(=O)/C=C/c2ccccc2)CC1. The van der Waals surface area contributed by atoms with Crippen LogP contribution in [0.25, 0.3) is 6.08 Å². The first-order valence-electron chi connectivity index (χ1n) is 8.89. The largest absolute Gasteiger partial charge is 0.356 e. The van der Waals surface area contributed by atoms with Crippen molar-refractivity contribution in [3.63, 3.8) is 0 Å². The molecule has 1 heterocycles. The van der Waals surface area contributed by atoms with Crippen LogP contribution in [0.1, 0.15) is 38.7 Å². The van der Waals surface area contributed by atoms with Crippen molar-refractivity contribution in [2.24, 2.45) is 11.8 Å². The number of benzene rings is 1. The lowest BCUT2D eigenvalue weighted by atomic mass is 9.97. The minimum Gasteiger partial charge on any atom is -0.356 e. The number of carbonyl (C=O) groups excluding carboxylic acids is 1. The van der Waals surface area contributed by atoms with Crippen LogP contribution < -0.4 is 5.32 Å². The highest BCUT2D eigenvalue weighted by molar-refractivity contribution is 7.92. The number of sulfonamides is 1. The van der Waals surface area contributed by atoms with E-state index in [-0.39, 0.29) is 11.8 Å². The minimum absolute atomic E-state index is 0.0533. The Morgan fingerprint density at radius 3 is 2.48 bits per heavy atom. The second-order valence-corrected chi connectivity index (χ2v) is 8.72. The van der Waals surface area contributed by atoms with Crippen molar-refractivity contribution in [3.05, 3.63) is 41.3 Å². The Bertz CT molecular complexity index is 676. The van der Waals surface area contributed by atoms with Crippen LogP contribution in [0.5, 0.6) is 0 Å². The zero-order valence-electron chi connectivity index (χ0n) is 15.0. The molecule has 5 nitrogen and oxygen atoms in total. The molecule has 1 aliphatic heterocycles. The van der Waals surface area contributed by atoms with Gasteiger partial charge in [0.25, 0.3) is 0 Å². The lowest BCUT2D eigenvalue weighted by molar-refractivity contribution is -0.126. The Hall–Kier alpha value is -1.66. The predicted molar refractivity (Wildman–Crippen MR) is 101 cm³/mol. The quantitative estimate of drug-likeness (QED) is 0.809. The smallest absolute Gasteiger partial charge is 0.236 e. The van der Waals surface area contributed by atoms with Gasteiger partial charge in [-0.15, -0.1) is 0 Å². The Morgan fingerprint density at radius 1 is 1.24 bits per heavy atom. The zero-order valence-corrected chi connectivity index (χ0v) is 15.8. The second-order valence-electron chi connectivity index (χ2n) is 6.91. The summed E-state index contributed by atoms with van der Waals surface area (Å²) in [5.74, 6) is 0.526. The van der Waals surface area contributed by atoms with Crippen LogP contribution in [0, 0.1) is 11.8 Å². The molecule has 1 saturated heterocycles. The monoisotopic (exact) mass is 364 g/mol. The van der Waals surface area contributed by atoms with Gasteiger partial charge in [-0.05, 0) is 36.8 Å². The van der Waals surface area contributed by atoms with E-state index in [1.165, 1.54) is 9.71 Å². The van der Waals surface area contributed by atoms with Gasteiger partial charge in [0, 0.05) is 31.0 Å². The van der Waals surface area contributed by atoms with Crippen LogP contribution in [-0.4, -0.2) is 38.3 Å². The highest BCUT2D eigenvalue weighted by Gasteiger charge is 2.29. The maximum absolute atomic E-state index is 12.4. The molecule has 0 atom stereocenters. The van der Waals surface area contributed by atoms with Crippen LogP contribution in [0.15, 0.2) is 35.7 Å². The van der Waals surface area contributed by atoms with Gasteiger partial charge >= 0.3 is 0 Å². The van der Waals surface area contributed by atoms with Gasteiger partial charge in [-0.25, -0.2) is 8.42 Å². The fourth-order valence-electron chi connectivity index (χ4n) is 2.82. The molecule has 0 spiro atoms. The molecular formula is C19H28N2O3S. The van der Waals surface area contributed by atoms with Crippen LogP contribution >= 0.6 is 0 Å². The Balaban J connectivity index is 1.84. The van der Waals surface area contributed by atoms with Crippen molar-refractivity contribution in [2.75, 3.05) is 19.6 Å². The van der Waals surface area contributed by atoms with Crippen molar-refractivity contribution in [1.82, 2.24) is 9.62 Å². The molecule has 0 saturated carbocycles. The topological polar surface area (TPSA) is 66.5 Å². The van der Waals surface area contributed by atoms with E-state index in [1.54, 1.807) is 6.08 Å². The fraction of sp³-hybridized carbons (Fsp3) is 0.526. The minimum atomic E-state index is -3.44. The van der Waals surface area contributed by atoms with E-state index in [4.69, 9.17) is 0 Å². The van der Waals surface area contributed by atoms with Gasteiger partial charge in [0.1, 0.15) is 0 Å². The highest BCUT2D eigenvalue weighted by atomic mass is 32.2. The molecule has 0 radical (unpaired) electrons. The number of rotatable bonds is 7. The third kappa shape index (κ3) is 6.29. The van der Waals surface area contributed by atoms with Crippen LogP contribution in [0.2, 0.25) is 0 Å². The van der Waals surface area contributed by atoms with Crippen molar-refractivity contribution >= 4 is 22.0 Å². The molecule has 0 bridgehead atoms. The molecule has 1 aromatic rings. The van der Waals surface area contributed by atoms with Gasteiger partial charge in [-0.3, -0.25) is 4.79 Å². The maximum atomic E-state index is 12.4. The third-order valence-electron chi connectivity index (χ3n) is 4.44. The number of amides is 1. The zero-order chi connectivity index (χ0) is 18.3. The van der Waals surface area contributed by atoms with Gasteiger partial charge in [-0.1, -0.05) is 44.2 Å². The van der Waals surface area contributed by atoms with E-state index in [0.29, 0.717) is 38.4 Å². The molecule has 0 unspecified atom stereocenters. The first-order valence-corrected chi connectivity index (χ1v) is 10.4. The number of nitrogens with one attached hydrogen (secondary N) is 1. The van der Waals surface area contributed by atoms with E-state index < -0.39 is 10.0 Å². The average molecular weight is 365 g/mol. The molecular weight excluding hydrogens is 336 g/mol. The predicted octanol–water partition coefficient (Wildman–Crippen LogP) is 2.86. The van der Waals surface area contributed by atoms with E-state index in [2.05, 4.69) is 19.2 Å². The lowest BCUT2D eigenvalue weighted by Gasteiger charge is -2.29. The van der Waals surface area contributed by atoms with Gasteiger partial charge in [0.05, 0.1) is 0 Å². The highest BCUT2D eigenvalue weighted by Crippen LogP contribution is 2.21. The van der Waals surface area contributed by atoms with E-state index in [1.807, 2.05) is 30.3 Å². The molecule has 25 heavy (non-hydrogen) atoms. The Kier molecular flexibility index (Phi) is 7.20. The van der Waals surface area contributed by atoms with E-state index in [9.17, 15) is 13.2 Å². The van der Waals surface area contributed by atoms with Crippen molar-refractivity contribution in [1.29, 1.82) is 0 Å². The molecule has 1 fully saturated rings. The summed E-state index contributed by atoms with van der Waals surface area (Å²) >= 11 is 0. The number of carbonyl (C=O) groups is 1. The van der Waals surface area contributed by atoms with Crippen molar-refractivity contribution in [2.45, 2.75) is 33.1 Å². The first kappa shape index (κ1) is 19.7. The summed E-state index contributed by atoms with van der Waals surface area (Å²) in [7, 11) is -3.44. The van der Waals surface area contributed by atoms with E-state index in [0.717, 1.165) is 12.0 Å². The summed E-state index contributed by atoms with van der Waals surface area (Å²) in [5, 5.41) is 4.22. The first-order chi connectivity index (χ1) is 11.9. The van der Waals surface area contributed by atoms with Gasteiger partial charge in [-0.2, -0.15) is 4.31 Å². The normalized spacial score (nSPS) is 17.2. The maximum Gasteiger partial charge on any atom is 0.236 e. The summed E-state index contributed by atoms with van der Waals surface area (Å²) in [4.78, 5) is 12.2. The fourth-order valence-corrected chi connectivity index (χ4v) is 4.04. The number of hydrogen-bond donors (Lipinski definition) is 1. The molecule has 1 N–H and O–H groups in total. The van der Waals surface area contributed by atoms with Crippen LogP contribution in [0.4, 0.5) is 0 Å². The molecule has 1 aliphatic rings. The Morgan fingerprint density at radius 2 is 1.88 bits per heavy atom. The van der Waals surface area contributed by atoms with Crippen molar-refractivity contribution in [3.8, 4) is 0 Å². The summed E-state index contributed by atoms with van der Waals surface area (Å²) < 4.78 is 26.3. The summed E-state index contributed by atoms with van der Waals surface area (Å²) in [6.45, 7) is 5.72. The van der Waals surface area contributed by atoms with Crippen LogP contribution in [-0.2, 0) is 14.8 Å². The molecule has 0 aliphatic carbocycles. The summed E-state index contributed by atoms with van der Waals surface area (Å²) in [6.07, 6.45) is 3.72. The number of hydrogen-bond acceptors (Lipinski definition) is 3. The second kappa shape index (κ2) is 9.15. The van der Waals surface area contributed by atoms with Gasteiger partial charge < -0.3 is 5.32 Å². The Labute approximate surface area is 151 Å². The molecule has 1 aromatic carbocycles. The standard InChI is InChI=1S/C19H28N2O3S/c1-16(2)8-12-20-19(22)18-9-13-21(14-10-18)25(23,24)15-11-17-6-4-3-5-7-17/h3-7,11,15-16,18H,8-10,12-14H2,1-2H3,(H,20,22)/b15-11+. The molecule has 0 aromatic heterocycles. The van der Waals surface area contributed by atoms with Gasteiger partial charge in [0.2, 0.25) is 15.9 Å². The lowest BCUT2D eigenvalue weighted by Crippen LogP contribution is -2.42. The molecule has 138 valence electrons. The van der Waals surface area contributed by atoms with Crippen molar-refractivity contribution < 1.29 is 13.2 Å². The molecule has 6 heteroatoms.